The summed E-state index contributed by atoms with van der Waals surface area (Å²) in [6, 6.07) is 10.5. The van der Waals surface area contributed by atoms with Crippen molar-refractivity contribution in [3.05, 3.63) is 35.9 Å². The first-order chi connectivity index (χ1) is 8.31. The van der Waals surface area contributed by atoms with Crippen LogP contribution in [0.1, 0.15) is 30.9 Å². The Labute approximate surface area is 103 Å². The van der Waals surface area contributed by atoms with Crippen LogP contribution in [0.2, 0.25) is 0 Å². The largest absolute Gasteiger partial charge is 0.349 e. The van der Waals surface area contributed by atoms with Crippen molar-refractivity contribution in [1.82, 2.24) is 10.6 Å². The number of rotatable bonds is 6. The summed E-state index contributed by atoms with van der Waals surface area (Å²) in [5.74, 6) is 0.774. The molecule has 3 heteroatoms. The zero-order valence-corrected chi connectivity index (χ0v) is 10.3. The fraction of sp³-hybridized carbons (Fsp3) is 0.500. The minimum Gasteiger partial charge on any atom is -0.349 e. The molecule has 0 aliphatic heterocycles. The number of carbonyl (C=O) groups excluding carboxylic acids is 1. The van der Waals surface area contributed by atoms with E-state index in [4.69, 9.17) is 0 Å². The summed E-state index contributed by atoms with van der Waals surface area (Å²) in [7, 11) is 1.86. The lowest BCUT2D eigenvalue weighted by Gasteiger charge is -2.18. The van der Waals surface area contributed by atoms with Gasteiger partial charge < -0.3 is 10.6 Å². The van der Waals surface area contributed by atoms with E-state index in [-0.39, 0.29) is 11.9 Å². The number of hydrogen-bond donors (Lipinski definition) is 2. The summed E-state index contributed by atoms with van der Waals surface area (Å²) in [6.07, 6.45) is 3.00. The smallest absolute Gasteiger partial charge is 0.221 e. The van der Waals surface area contributed by atoms with Crippen LogP contribution in [0.3, 0.4) is 0 Å². The number of carbonyl (C=O) groups is 1. The minimum atomic E-state index is 0.139. The van der Waals surface area contributed by atoms with Gasteiger partial charge in [-0.05, 0) is 31.4 Å². The molecule has 2 rings (SSSR count). The Morgan fingerprint density at radius 2 is 2.06 bits per heavy atom. The molecule has 0 heterocycles. The topological polar surface area (TPSA) is 41.1 Å². The number of hydrogen-bond acceptors (Lipinski definition) is 2. The Bertz CT molecular complexity index is 360. The van der Waals surface area contributed by atoms with Gasteiger partial charge >= 0.3 is 0 Å². The molecular formula is C14H20N2O. The van der Waals surface area contributed by atoms with E-state index in [0.29, 0.717) is 12.3 Å². The van der Waals surface area contributed by atoms with Crippen molar-refractivity contribution in [2.75, 3.05) is 13.6 Å². The lowest BCUT2D eigenvalue weighted by molar-refractivity contribution is -0.121. The standard InChI is InChI=1S/C14H20N2O/c1-15-10-9-13(17)16-14(12-7-8-12)11-5-3-2-4-6-11/h2-6,12,14-15H,7-10H2,1H3,(H,16,17). The second-order valence-electron chi connectivity index (χ2n) is 4.65. The van der Waals surface area contributed by atoms with E-state index in [0.717, 1.165) is 6.54 Å². The third-order valence-corrected chi connectivity index (χ3v) is 3.17. The molecule has 1 fully saturated rings. The minimum absolute atomic E-state index is 0.139. The van der Waals surface area contributed by atoms with E-state index >= 15 is 0 Å². The first-order valence-electron chi connectivity index (χ1n) is 6.30. The van der Waals surface area contributed by atoms with Gasteiger partial charge in [-0.2, -0.15) is 0 Å². The highest BCUT2D eigenvalue weighted by molar-refractivity contribution is 5.76. The van der Waals surface area contributed by atoms with E-state index in [9.17, 15) is 4.79 Å². The molecule has 0 bridgehead atoms. The van der Waals surface area contributed by atoms with Crippen LogP contribution < -0.4 is 10.6 Å². The highest BCUT2D eigenvalue weighted by Crippen LogP contribution is 2.40. The number of nitrogens with one attached hydrogen (secondary N) is 2. The number of amides is 1. The maximum absolute atomic E-state index is 11.8. The first kappa shape index (κ1) is 12.1. The lowest BCUT2D eigenvalue weighted by atomic mass is 10.0. The molecule has 0 spiro atoms. The molecule has 1 aromatic carbocycles. The maximum Gasteiger partial charge on any atom is 0.221 e. The summed E-state index contributed by atoms with van der Waals surface area (Å²) in [4.78, 5) is 11.8. The SMILES string of the molecule is CNCCC(=O)NC(c1ccccc1)C1CC1. The second-order valence-corrected chi connectivity index (χ2v) is 4.65. The molecule has 1 atom stereocenters. The Hall–Kier alpha value is -1.35. The Balaban J connectivity index is 1.96. The molecule has 1 aliphatic carbocycles. The lowest BCUT2D eigenvalue weighted by Crippen LogP contribution is -2.31. The van der Waals surface area contributed by atoms with Gasteiger partial charge in [0.25, 0.3) is 0 Å². The highest BCUT2D eigenvalue weighted by Gasteiger charge is 2.33. The van der Waals surface area contributed by atoms with E-state index in [1.54, 1.807) is 0 Å². The van der Waals surface area contributed by atoms with Gasteiger partial charge in [0, 0.05) is 13.0 Å². The van der Waals surface area contributed by atoms with Crippen LogP contribution in [0.25, 0.3) is 0 Å². The van der Waals surface area contributed by atoms with Crippen LogP contribution in [0.4, 0.5) is 0 Å². The van der Waals surface area contributed by atoms with Crippen LogP contribution in [-0.2, 0) is 4.79 Å². The van der Waals surface area contributed by atoms with Crippen LogP contribution in [0, 0.1) is 5.92 Å². The molecule has 1 saturated carbocycles. The van der Waals surface area contributed by atoms with Gasteiger partial charge in [-0.25, -0.2) is 0 Å². The second kappa shape index (κ2) is 5.82. The van der Waals surface area contributed by atoms with Crippen molar-refractivity contribution in [2.45, 2.75) is 25.3 Å². The van der Waals surface area contributed by atoms with Gasteiger partial charge in [0.2, 0.25) is 5.91 Å². The molecule has 2 N–H and O–H groups in total. The van der Waals surface area contributed by atoms with Crippen LogP contribution in [0.15, 0.2) is 30.3 Å². The molecule has 0 radical (unpaired) electrons. The Morgan fingerprint density at radius 1 is 1.35 bits per heavy atom. The third-order valence-electron chi connectivity index (χ3n) is 3.17. The molecule has 92 valence electrons. The molecular weight excluding hydrogens is 212 g/mol. The van der Waals surface area contributed by atoms with Crippen LogP contribution in [0.5, 0.6) is 0 Å². The molecule has 0 saturated heterocycles. The van der Waals surface area contributed by atoms with E-state index in [1.807, 2.05) is 25.2 Å². The monoisotopic (exact) mass is 232 g/mol. The van der Waals surface area contributed by atoms with Crippen LogP contribution >= 0.6 is 0 Å². The van der Waals surface area contributed by atoms with Crippen molar-refractivity contribution in [3.63, 3.8) is 0 Å². The summed E-state index contributed by atoms with van der Waals surface area (Å²) >= 11 is 0. The van der Waals surface area contributed by atoms with Crippen LogP contribution in [-0.4, -0.2) is 19.5 Å². The Morgan fingerprint density at radius 3 is 2.65 bits per heavy atom. The Kier molecular flexibility index (Phi) is 4.15. The van der Waals surface area contributed by atoms with Crippen molar-refractivity contribution < 1.29 is 4.79 Å². The number of benzene rings is 1. The average Bonchev–Trinajstić information content (AvgIpc) is 3.19. The normalized spacial score (nSPS) is 16.5. The molecule has 3 nitrogen and oxygen atoms in total. The maximum atomic E-state index is 11.8. The molecule has 1 aliphatic rings. The van der Waals surface area contributed by atoms with E-state index in [2.05, 4.69) is 22.8 Å². The zero-order chi connectivity index (χ0) is 12.1. The first-order valence-corrected chi connectivity index (χ1v) is 6.30. The van der Waals surface area contributed by atoms with Gasteiger partial charge in [-0.3, -0.25) is 4.79 Å². The summed E-state index contributed by atoms with van der Waals surface area (Å²) in [6.45, 7) is 0.734. The highest BCUT2D eigenvalue weighted by atomic mass is 16.1. The fourth-order valence-corrected chi connectivity index (χ4v) is 2.05. The molecule has 1 aromatic rings. The molecule has 1 amide bonds. The molecule has 17 heavy (non-hydrogen) atoms. The quantitative estimate of drug-likeness (QED) is 0.786. The average molecular weight is 232 g/mol. The zero-order valence-electron chi connectivity index (χ0n) is 10.3. The summed E-state index contributed by atoms with van der Waals surface area (Å²) < 4.78 is 0. The van der Waals surface area contributed by atoms with Crippen molar-refractivity contribution in [3.8, 4) is 0 Å². The van der Waals surface area contributed by atoms with Gasteiger partial charge in [-0.15, -0.1) is 0 Å². The van der Waals surface area contributed by atoms with Gasteiger partial charge in [0.15, 0.2) is 0 Å². The third kappa shape index (κ3) is 3.56. The predicted molar refractivity (Wildman–Crippen MR) is 68.6 cm³/mol. The van der Waals surface area contributed by atoms with Crippen molar-refractivity contribution >= 4 is 5.91 Å². The van der Waals surface area contributed by atoms with Gasteiger partial charge in [0.1, 0.15) is 0 Å². The fourth-order valence-electron chi connectivity index (χ4n) is 2.05. The van der Waals surface area contributed by atoms with Gasteiger partial charge in [0.05, 0.1) is 6.04 Å². The molecule has 0 aromatic heterocycles. The van der Waals surface area contributed by atoms with Crippen molar-refractivity contribution in [1.29, 1.82) is 0 Å². The van der Waals surface area contributed by atoms with E-state index < -0.39 is 0 Å². The molecule has 1 unspecified atom stereocenters. The van der Waals surface area contributed by atoms with E-state index in [1.165, 1.54) is 18.4 Å². The summed E-state index contributed by atoms with van der Waals surface area (Å²) in [5.41, 5.74) is 1.23. The predicted octanol–water partition coefficient (Wildman–Crippen LogP) is 1.86. The van der Waals surface area contributed by atoms with Gasteiger partial charge in [-0.1, -0.05) is 30.3 Å². The van der Waals surface area contributed by atoms with Crippen molar-refractivity contribution in [2.24, 2.45) is 5.92 Å². The summed E-state index contributed by atoms with van der Waals surface area (Å²) in [5, 5.41) is 6.15.